The summed E-state index contributed by atoms with van der Waals surface area (Å²) in [5.41, 5.74) is 2.83. The summed E-state index contributed by atoms with van der Waals surface area (Å²) in [7, 11) is 0. The highest BCUT2D eigenvalue weighted by molar-refractivity contribution is 5.89. The molecule has 0 spiro atoms. The van der Waals surface area contributed by atoms with Crippen molar-refractivity contribution in [3.05, 3.63) is 35.1 Å². The number of rotatable bonds is 5. The van der Waals surface area contributed by atoms with Crippen LogP contribution in [0.4, 0.5) is 0 Å². The Balaban J connectivity index is 2.10. The second kappa shape index (κ2) is 5.83. The molecule has 2 N–H and O–H groups in total. The van der Waals surface area contributed by atoms with Gasteiger partial charge in [-0.15, -0.1) is 0 Å². The summed E-state index contributed by atoms with van der Waals surface area (Å²) in [6.45, 7) is 7.25. The molecular formula is C17H21NO4. The van der Waals surface area contributed by atoms with E-state index in [0.717, 1.165) is 27.7 Å². The normalized spacial score (nSPS) is 11.6. The zero-order valence-corrected chi connectivity index (χ0v) is 13.3. The van der Waals surface area contributed by atoms with Crippen molar-refractivity contribution in [1.29, 1.82) is 0 Å². The summed E-state index contributed by atoms with van der Waals surface area (Å²) >= 11 is 0. The van der Waals surface area contributed by atoms with Crippen LogP contribution >= 0.6 is 0 Å². The summed E-state index contributed by atoms with van der Waals surface area (Å²) in [6.07, 6.45) is 1.77. The molecule has 22 heavy (non-hydrogen) atoms. The fraction of sp³-hybridized carbons (Fsp3) is 0.412. The summed E-state index contributed by atoms with van der Waals surface area (Å²) in [6, 6.07) is 3.95. The highest BCUT2D eigenvalue weighted by Gasteiger charge is 2.27. The number of furan rings is 1. The fourth-order valence-corrected chi connectivity index (χ4v) is 2.16. The lowest BCUT2D eigenvalue weighted by atomic mass is 9.94. The molecule has 0 aliphatic carbocycles. The van der Waals surface area contributed by atoms with Crippen LogP contribution in [0, 0.1) is 19.3 Å². The molecule has 0 aliphatic heterocycles. The van der Waals surface area contributed by atoms with Crippen LogP contribution < -0.4 is 5.32 Å². The summed E-state index contributed by atoms with van der Waals surface area (Å²) in [4.78, 5) is 23.1. The number of carboxylic acids is 1. The predicted molar refractivity (Wildman–Crippen MR) is 83.8 cm³/mol. The van der Waals surface area contributed by atoms with Gasteiger partial charge in [-0.25, -0.2) is 0 Å². The number of benzene rings is 1. The monoisotopic (exact) mass is 303 g/mol. The van der Waals surface area contributed by atoms with Crippen molar-refractivity contribution in [3.63, 3.8) is 0 Å². The van der Waals surface area contributed by atoms with Gasteiger partial charge in [0.15, 0.2) is 0 Å². The van der Waals surface area contributed by atoms with Crippen LogP contribution in [0.5, 0.6) is 0 Å². The van der Waals surface area contributed by atoms with E-state index in [1.165, 1.54) is 0 Å². The van der Waals surface area contributed by atoms with E-state index in [0.29, 0.717) is 0 Å². The van der Waals surface area contributed by atoms with Gasteiger partial charge >= 0.3 is 5.97 Å². The van der Waals surface area contributed by atoms with Gasteiger partial charge in [0.2, 0.25) is 5.91 Å². The lowest BCUT2D eigenvalue weighted by molar-refractivity contribution is -0.146. The van der Waals surface area contributed by atoms with Gasteiger partial charge in [-0.3, -0.25) is 9.59 Å². The van der Waals surface area contributed by atoms with Crippen LogP contribution in [0.1, 0.15) is 30.5 Å². The number of aryl methyl sites for hydroxylation is 2. The highest BCUT2D eigenvalue weighted by Crippen LogP contribution is 2.26. The SMILES string of the molecule is Cc1ccc2c(CC(=O)NCC(C)(C)C(=O)O)coc2c1C. The van der Waals surface area contributed by atoms with E-state index >= 15 is 0 Å². The molecular weight excluding hydrogens is 282 g/mol. The Labute approximate surface area is 129 Å². The largest absolute Gasteiger partial charge is 0.481 e. The summed E-state index contributed by atoms with van der Waals surface area (Å²) in [5.74, 6) is -1.15. The van der Waals surface area contributed by atoms with Crippen LogP contribution in [0.25, 0.3) is 11.0 Å². The number of hydrogen-bond donors (Lipinski definition) is 2. The number of aliphatic carboxylic acids is 1. The van der Waals surface area contributed by atoms with Gasteiger partial charge in [0, 0.05) is 17.5 Å². The predicted octanol–water partition coefficient (Wildman–Crippen LogP) is 2.82. The number of hydrogen-bond acceptors (Lipinski definition) is 3. The maximum Gasteiger partial charge on any atom is 0.310 e. The van der Waals surface area contributed by atoms with Crippen LogP contribution in [-0.4, -0.2) is 23.5 Å². The maximum atomic E-state index is 12.0. The average Bonchev–Trinajstić information content (AvgIpc) is 2.84. The van der Waals surface area contributed by atoms with Gasteiger partial charge in [-0.1, -0.05) is 12.1 Å². The number of carbonyl (C=O) groups is 2. The number of fused-ring (bicyclic) bond motifs is 1. The smallest absolute Gasteiger partial charge is 0.310 e. The van der Waals surface area contributed by atoms with Gasteiger partial charge in [0.05, 0.1) is 18.1 Å². The highest BCUT2D eigenvalue weighted by atomic mass is 16.4. The molecule has 0 atom stereocenters. The molecule has 0 unspecified atom stereocenters. The second-order valence-corrected chi connectivity index (χ2v) is 6.29. The van der Waals surface area contributed by atoms with Crippen LogP contribution in [-0.2, 0) is 16.0 Å². The summed E-state index contributed by atoms with van der Waals surface area (Å²) in [5, 5.41) is 12.6. The molecule has 0 saturated heterocycles. The molecule has 5 heteroatoms. The molecule has 5 nitrogen and oxygen atoms in total. The first-order chi connectivity index (χ1) is 10.2. The third-order valence-electron chi connectivity index (χ3n) is 4.00. The molecule has 118 valence electrons. The van der Waals surface area contributed by atoms with Gasteiger partial charge in [-0.2, -0.15) is 0 Å². The molecule has 1 aromatic carbocycles. The van der Waals surface area contributed by atoms with Crippen molar-refractivity contribution in [1.82, 2.24) is 5.32 Å². The van der Waals surface area contributed by atoms with Crippen molar-refractivity contribution in [2.75, 3.05) is 6.54 Å². The lowest BCUT2D eigenvalue weighted by Crippen LogP contribution is -2.39. The van der Waals surface area contributed by atoms with Crippen LogP contribution in [0.3, 0.4) is 0 Å². The number of carboxylic acid groups (broad SMARTS) is 1. The topological polar surface area (TPSA) is 79.5 Å². The number of carbonyl (C=O) groups excluding carboxylic acids is 1. The van der Waals surface area contributed by atoms with Gasteiger partial charge < -0.3 is 14.8 Å². The maximum absolute atomic E-state index is 12.0. The van der Waals surface area contributed by atoms with E-state index in [1.807, 2.05) is 26.0 Å². The minimum absolute atomic E-state index is 0.0923. The molecule has 0 bridgehead atoms. The Morgan fingerprint density at radius 3 is 2.59 bits per heavy atom. The zero-order valence-electron chi connectivity index (χ0n) is 13.3. The Bertz CT molecular complexity index is 728. The van der Waals surface area contributed by atoms with Crippen LogP contribution in [0.2, 0.25) is 0 Å². The molecule has 2 rings (SSSR count). The molecule has 2 aromatic rings. The minimum atomic E-state index is -0.984. The molecule has 1 heterocycles. The van der Waals surface area contributed by atoms with E-state index in [4.69, 9.17) is 9.52 Å². The van der Waals surface area contributed by atoms with E-state index < -0.39 is 11.4 Å². The summed E-state index contributed by atoms with van der Waals surface area (Å²) < 4.78 is 5.57. The van der Waals surface area contributed by atoms with Crippen molar-refractivity contribution in [2.45, 2.75) is 34.1 Å². The minimum Gasteiger partial charge on any atom is -0.481 e. The Morgan fingerprint density at radius 2 is 1.95 bits per heavy atom. The second-order valence-electron chi connectivity index (χ2n) is 6.29. The third kappa shape index (κ3) is 3.13. The lowest BCUT2D eigenvalue weighted by Gasteiger charge is -2.19. The first-order valence-corrected chi connectivity index (χ1v) is 7.19. The van der Waals surface area contributed by atoms with Crippen LogP contribution in [0.15, 0.2) is 22.8 Å². The van der Waals surface area contributed by atoms with Crippen molar-refractivity contribution >= 4 is 22.8 Å². The first kappa shape index (κ1) is 16.1. The van der Waals surface area contributed by atoms with E-state index in [-0.39, 0.29) is 18.9 Å². The van der Waals surface area contributed by atoms with E-state index in [9.17, 15) is 9.59 Å². The zero-order chi connectivity index (χ0) is 16.5. The molecule has 0 radical (unpaired) electrons. The quantitative estimate of drug-likeness (QED) is 0.890. The van der Waals surface area contributed by atoms with E-state index in [1.54, 1.807) is 20.1 Å². The standard InChI is InChI=1S/C17H21NO4/c1-10-5-6-13-12(8-22-15(13)11(10)2)7-14(19)18-9-17(3,4)16(20)21/h5-6,8H,7,9H2,1-4H3,(H,18,19)(H,20,21). The molecule has 0 aliphatic rings. The number of nitrogens with one attached hydrogen (secondary N) is 1. The first-order valence-electron chi connectivity index (χ1n) is 7.19. The van der Waals surface area contributed by atoms with Gasteiger partial charge in [-0.05, 0) is 38.8 Å². The third-order valence-corrected chi connectivity index (χ3v) is 4.00. The Hall–Kier alpha value is -2.30. The van der Waals surface area contributed by atoms with Gasteiger partial charge in [0.25, 0.3) is 0 Å². The molecule has 0 fully saturated rings. The van der Waals surface area contributed by atoms with Crippen molar-refractivity contribution in [2.24, 2.45) is 5.41 Å². The molecule has 1 amide bonds. The van der Waals surface area contributed by atoms with Crippen molar-refractivity contribution < 1.29 is 19.1 Å². The Kier molecular flexibility index (Phi) is 4.26. The molecule has 1 aromatic heterocycles. The van der Waals surface area contributed by atoms with E-state index in [2.05, 4.69) is 5.32 Å². The fourth-order valence-electron chi connectivity index (χ4n) is 2.16. The average molecular weight is 303 g/mol. The van der Waals surface area contributed by atoms with Crippen molar-refractivity contribution in [3.8, 4) is 0 Å². The van der Waals surface area contributed by atoms with Gasteiger partial charge in [0.1, 0.15) is 5.58 Å². The number of amides is 1. The Morgan fingerprint density at radius 1 is 1.27 bits per heavy atom. The molecule has 0 saturated carbocycles.